The molecule has 0 radical (unpaired) electrons. The average molecular weight is 380 g/mol. The fourth-order valence-corrected chi connectivity index (χ4v) is 4.37. The Balaban J connectivity index is 1.51. The summed E-state index contributed by atoms with van der Waals surface area (Å²) in [6.45, 7) is 1.61. The molecule has 2 aliphatic rings. The SMILES string of the molecule is Cc1cn(C2CC3OP(=O)(Oc4ccccc4)OCC3O2)c(=O)[nH]c1=O. The Hall–Kier alpha value is -2.19. The number of phosphoric ester groups is 1. The summed E-state index contributed by atoms with van der Waals surface area (Å²) in [5.74, 6) is 0.372. The van der Waals surface area contributed by atoms with Crippen LogP contribution < -0.4 is 15.8 Å². The summed E-state index contributed by atoms with van der Waals surface area (Å²) in [6.07, 6.45) is 0.0222. The molecule has 1 aromatic carbocycles. The lowest BCUT2D eigenvalue weighted by molar-refractivity contribution is -0.0667. The minimum atomic E-state index is -3.78. The van der Waals surface area contributed by atoms with Crippen LogP contribution in [0.3, 0.4) is 0 Å². The van der Waals surface area contributed by atoms with Crippen LogP contribution in [0.25, 0.3) is 0 Å². The molecule has 0 aliphatic carbocycles. The highest BCUT2D eigenvalue weighted by atomic mass is 31.2. The maximum absolute atomic E-state index is 12.7. The van der Waals surface area contributed by atoms with Crippen molar-refractivity contribution in [2.24, 2.45) is 0 Å². The van der Waals surface area contributed by atoms with Gasteiger partial charge in [-0.25, -0.2) is 9.36 Å². The van der Waals surface area contributed by atoms with E-state index in [1.54, 1.807) is 37.3 Å². The quantitative estimate of drug-likeness (QED) is 0.808. The van der Waals surface area contributed by atoms with E-state index >= 15 is 0 Å². The number of hydrogen-bond donors (Lipinski definition) is 1. The van der Waals surface area contributed by atoms with E-state index in [0.29, 0.717) is 11.3 Å². The van der Waals surface area contributed by atoms with E-state index in [1.165, 1.54) is 10.8 Å². The second kappa shape index (κ2) is 6.51. The van der Waals surface area contributed by atoms with Gasteiger partial charge in [0.05, 0.1) is 6.61 Å². The summed E-state index contributed by atoms with van der Waals surface area (Å²) in [7, 11) is -3.78. The standard InChI is InChI=1S/C16H17N2O7P/c1-10-8-18(16(20)17-15(10)19)14-7-12-13(23-14)9-22-26(21,25-12)24-11-5-3-2-4-6-11/h2-6,8,12-14H,7,9H2,1H3,(H,17,19,20). The van der Waals surface area contributed by atoms with Gasteiger partial charge in [-0.15, -0.1) is 0 Å². The molecule has 0 bridgehead atoms. The Bertz CT molecular complexity index is 971. The number of rotatable bonds is 3. The Morgan fingerprint density at radius 2 is 2.00 bits per heavy atom. The van der Waals surface area contributed by atoms with Crippen LogP contribution in [0.5, 0.6) is 5.75 Å². The van der Waals surface area contributed by atoms with E-state index in [0.717, 1.165) is 0 Å². The van der Waals surface area contributed by atoms with E-state index in [4.69, 9.17) is 18.3 Å². The van der Waals surface area contributed by atoms with Gasteiger partial charge < -0.3 is 9.26 Å². The third kappa shape index (κ3) is 3.26. The molecule has 4 unspecified atom stereocenters. The maximum Gasteiger partial charge on any atom is 0.530 e. The second-order valence-electron chi connectivity index (χ2n) is 6.13. The van der Waals surface area contributed by atoms with Crippen molar-refractivity contribution < 1.29 is 22.9 Å². The summed E-state index contributed by atoms with van der Waals surface area (Å²) < 4.78 is 36.0. The van der Waals surface area contributed by atoms with Gasteiger partial charge in [-0.2, -0.15) is 0 Å². The molecular weight excluding hydrogens is 363 g/mol. The highest BCUT2D eigenvalue weighted by Crippen LogP contribution is 2.56. The van der Waals surface area contributed by atoms with Crippen molar-refractivity contribution in [1.29, 1.82) is 0 Å². The van der Waals surface area contributed by atoms with Gasteiger partial charge in [0.25, 0.3) is 5.56 Å². The van der Waals surface area contributed by atoms with Gasteiger partial charge in [0, 0.05) is 18.2 Å². The van der Waals surface area contributed by atoms with E-state index in [9.17, 15) is 14.2 Å². The molecule has 138 valence electrons. The van der Waals surface area contributed by atoms with Crippen LogP contribution >= 0.6 is 7.82 Å². The number of para-hydroxylation sites is 1. The van der Waals surface area contributed by atoms with E-state index in [-0.39, 0.29) is 13.0 Å². The molecule has 9 nitrogen and oxygen atoms in total. The molecule has 4 atom stereocenters. The lowest BCUT2D eigenvalue weighted by Crippen LogP contribution is -2.34. The summed E-state index contributed by atoms with van der Waals surface area (Å²) in [5, 5.41) is 0. The fourth-order valence-electron chi connectivity index (χ4n) is 2.95. The Labute approximate surface area is 148 Å². The topological polar surface area (TPSA) is 109 Å². The fraction of sp³-hybridized carbons (Fsp3) is 0.375. The largest absolute Gasteiger partial charge is 0.530 e. The zero-order valence-corrected chi connectivity index (χ0v) is 14.8. The zero-order valence-electron chi connectivity index (χ0n) is 13.9. The molecule has 3 heterocycles. The first-order valence-corrected chi connectivity index (χ1v) is 9.55. The van der Waals surface area contributed by atoms with Crippen molar-refractivity contribution >= 4 is 7.82 Å². The molecule has 0 spiro atoms. The zero-order chi connectivity index (χ0) is 18.3. The molecule has 0 amide bonds. The molecule has 4 rings (SSSR count). The molecule has 10 heteroatoms. The minimum absolute atomic E-state index is 0.0162. The number of fused-ring (bicyclic) bond motifs is 1. The van der Waals surface area contributed by atoms with Gasteiger partial charge in [0.1, 0.15) is 24.2 Å². The van der Waals surface area contributed by atoms with E-state index in [1.807, 2.05) is 0 Å². The van der Waals surface area contributed by atoms with Crippen LogP contribution in [0.15, 0.2) is 46.1 Å². The van der Waals surface area contributed by atoms with Crippen LogP contribution in [-0.2, 0) is 18.3 Å². The van der Waals surface area contributed by atoms with Gasteiger partial charge in [0.15, 0.2) is 0 Å². The second-order valence-corrected chi connectivity index (χ2v) is 7.68. The number of nitrogens with zero attached hydrogens (tertiary/aromatic N) is 1. The number of hydrogen-bond acceptors (Lipinski definition) is 7. The number of aromatic amines is 1. The van der Waals surface area contributed by atoms with Crippen molar-refractivity contribution in [1.82, 2.24) is 9.55 Å². The van der Waals surface area contributed by atoms with Crippen molar-refractivity contribution in [3.05, 3.63) is 62.9 Å². The van der Waals surface area contributed by atoms with Crippen LogP contribution in [-0.4, -0.2) is 28.4 Å². The average Bonchev–Trinajstić information content (AvgIpc) is 3.01. The predicted molar refractivity (Wildman–Crippen MR) is 90.1 cm³/mol. The Morgan fingerprint density at radius 3 is 2.77 bits per heavy atom. The van der Waals surface area contributed by atoms with Crippen LogP contribution in [0, 0.1) is 6.92 Å². The van der Waals surface area contributed by atoms with Gasteiger partial charge >= 0.3 is 13.5 Å². The molecule has 2 fully saturated rings. The number of aromatic nitrogens is 2. The third-order valence-corrected chi connectivity index (χ3v) is 5.69. The Morgan fingerprint density at radius 1 is 1.23 bits per heavy atom. The number of aryl methyl sites for hydroxylation is 1. The van der Waals surface area contributed by atoms with Crippen molar-refractivity contribution in [3.8, 4) is 5.75 Å². The molecule has 2 saturated heterocycles. The first kappa shape index (κ1) is 17.2. The molecule has 1 N–H and O–H groups in total. The monoisotopic (exact) mass is 380 g/mol. The third-order valence-electron chi connectivity index (χ3n) is 4.26. The Kier molecular flexibility index (Phi) is 4.32. The first-order valence-electron chi connectivity index (χ1n) is 8.09. The molecule has 2 aromatic rings. The minimum Gasteiger partial charge on any atom is -0.404 e. The van der Waals surface area contributed by atoms with Crippen LogP contribution in [0.1, 0.15) is 18.2 Å². The number of phosphoric acid groups is 1. The van der Waals surface area contributed by atoms with E-state index < -0.39 is 37.5 Å². The summed E-state index contributed by atoms with van der Waals surface area (Å²) in [4.78, 5) is 25.8. The van der Waals surface area contributed by atoms with Crippen molar-refractivity contribution in [2.75, 3.05) is 6.61 Å². The molecule has 0 saturated carbocycles. The number of H-pyrrole nitrogens is 1. The van der Waals surface area contributed by atoms with Gasteiger partial charge in [0.2, 0.25) is 0 Å². The van der Waals surface area contributed by atoms with Crippen molar-refractivity contribution in [3.63, 3.8) is 0 Å². The highest BCUT2D eigenvalue weighted by Gasteiger charge is 2.48. The number of benzene rings is 1. The summed E-state index contributed by atoms with van der Waals surface area (Å²) in [5.41, 5.74) is -0.630. The molecule has 2 aliphatic heterocycles. The molecule has 1 aromatic heterocycles. The number of nitrogens with one attached hydrogen (secondary N) is 1. The molecular formula is C16H17N2O7P. The van der Waals surface area contributed by atoms with Crippen molar-refractivity contribution in [2.45, 2.75) is 31.8 Å². The summed E-state index contributed by atoms with van der Waals surface area (Å²) >= 11 is 0. The van der Waals surface area contributed by atoms with Gasteiger partial charge in [-0.05, 0) is 19.1 Å². The van der Waals surface area contributed by atoms with Gasteiger partial charge in [-0.3, -0.25) is 23.4 Å². The smallest absolute Gasteiger partial charge is 0.404 e. The van der Waals surface area contributed by atoms with E-state index in [2.05, 4.69) is 4.98 Å². The highest BCUT2D eigenvalue weighted by molar-refractivity contribution is 7.49. The molecule has 26 heavy (non-hydrogen) atoms. The lowest BCUT2D eigenvalue weighted by Gasteiger charge is -2.29. The predicted octanol–water partition coefficient (Wildman–Crippen LogP) is 1.74. The summed E-state index contributed by atoms with van der Waals surface area (Å²) in [6, 6.07) is 8.59. The van der Waals surface area contributed by atoms with Crippen LogP contribution in [0.2, 0.25) is 0 Å². The normalized spacial score (nSPS) is 30.7. The number of ether oxygens (including phenoxy) is 1. The maximum atomic E-state index is 12.7. The lowest BCUT2D eigenvalue weighted by atomic mass is 10.2. The first-order chi connectivity index (χ1) is 12.4. The van der Waals surface area contributed by atoms with Gasteiger partial charge in [-0.1, -0.05) is 18.2 Å². The van der Waals surface area contributed by atoms with Crippen LogP contribution in [0.4, 0.5) is 0 Å².